The van der Waals surface area contributed by atoms with Crippen LogP contribution in [0.15, 0.2) is 77.3 Å². The number of halogens is 1. The summed E-state index contributed by atoms with van der Waals surface area (Å²) in [6.07, 6.45) is 1.82. The fourth-order valence-electron chi connectivity index (χ4n) is 4.10. The van der Waals surface area contributed by atoms with Gasteiger partial charge in [0.25, 0.3) is 11.8 Å². The van der Waals surface area contributed by atoms with Crippen LogP contribution in [0.2, 0.25) is 0 Å². The smallest absolute Gasteiger partial charge is 0.258 e. The number of amides is 2. The van der Waals surface area contributed by atoms with E-state index in [1.807, 2.05) is 23.1 Å². The summed E-state index contributed by atoms with van der Waals surface area (Å²) in [7, 11) is 0. The first kappa shape index (κ1) is 22.5. The fourth-order valence-corrected chi connectivity index (χ4v) is 4.10. The van der Waals surface area contributed by atoms with Gasteiger partial charge in [0.1, 0.15) is 5.82 Å². The van der Waals surface area contributed by atoms with Gasteiger partial charge in [-0.25, -0.2) is 4.39 Å². The van der Waals surface area contributed by atoms with Crippen molar-refractivity contribution in [3.63, 3.8) is 0 Å². The third-order valence-corrected chi connectivity index (χ3v) is 5.96. The number of hydrogen-bond acceptors (Lipinski definition) is 5. The van der Waals surface area contributed by atoms with Gasteiger partial charge in [-0.05, 0) is 60.9 Å². The van der Waals surface area contributed by atoms with Gasteiger partial charge >= 0.3 is 0 Å². The van der Waals surface area contributed by atoms with E-state index in [2.05, 4.69) is 21.5 Å². The van der Waals surface area contributed by atoms with Crippen LogP contribution in [0.5, 0.6) is 0 Å². The van der Waals surface area contributed by atoms with Crippen molar-refractivity contribution in [1.29, 1.82) is 0 Å². The minimum absolute atomic E-state index is 0.0775. The first-order valence-electron chi connectivity index (χ1n) is 11.4. The summed E-state index contributed by atoms with van der Waals surface area (Å²) in [5.41, 5.74) is 4.00. The Morgan fingerprint density at radius 1 is 0.971 bits per heavy atom. The predicted molar refractivity (Wildman–Crippen MR) is 129 cm³/mol. The van der Waals surface area contributed by atoms with Crippen LogP contribution in [0, 0.1) is 5.82 Å². The molecule has 0 fully saturated rings. The summed E-state index contributed by atoms with van der Waals surface area (Å²) in [4.78, 5) is 31.2. The third-order valence-electron chi connectivity index (χ3n) is 5.96. The molecule has 0 unspecified atom stereocenters. The molecule has 0 atom stereocenters. The van der Waals surface area contributed by atoms with E-state index in [9.17, 15) is 14.0 Å². The summed E-state index contributed by atoms with van der Waals surface area (Å²) in [5.74, 6) is 0.183. The molecule has 7 nitrogen and oxygen atoms in total. The number of rotatable bonds is 7. The Balaban J connectivity index is 1.12. The Morgan fingerprint density at radius 2 is 1.71 bits per heavy atom. The van der Waals surface area contributed by atoms with Gasteiger partial charge in [0.05, 0.1) is 0 Å². The van der Waals surface area contributed by atoms with Gasteiger partial charge in [0.2, 0.25) is 11.7 Å². The zero-order valence-electron chi connectivity index (χ0n) is 18.9. The number of nitrogens with zero attached hydrogens (tertiary/aromatic N) is 3. The number of aromatic nitrogens is 2. The summed E-state index contributed by atoms with van der Waals surface area (Å²) in [6, 6.07) is 20.6. The molecule has 0 saturated carbocycles. The standard InChI is InChI=1S/C27H23FN4O3/c28-22-13-11-21(12-14-22)27-30-25(31-35-27)19-7-9-20(10-8-19)26(34)29-16-3-6-24(33)32-17-15-18-4-1-2-5-23(18)32/h1-2,4-5,7-14H,3,6,15-17H2,(H,29,34). The van der Waals surface area contributed by atoms with E-state index in [-0.39, 0.29) is 23.5 Å². The minimum atomic E-state index is -0.341. The number of para-hydroxylation sites is 1. The van der Waals surface area contributed by atoms with Crippen molar-refractivity contribution in [2.45, 2.75) is 19.3 Å². The van der Waals surface area contributed by atoms with E-state index in [0.717, 1.165) is 12.1 Å². The molecule has 1 aliphatic heterocycles. The maximum atomic E-state index is 13.1. The van der Waals surface area contributed by atoms with Crippen LogP contribution >= 0.6 is 0 Å². The van der Waals surface area contributed by atoms with Crippen LogP contribution < -0.4 is 10.2 Å². The number of benzene rings is 3. The lowest BCUT2D eigenvalue weighted by Crippen LogP contribution is -2.30. The Kier molecular flexibility index (Phi) is 6.34. The van der Waals surface area contributed by atoms with Crippen LogP contribution in [0.1, 0.15) is 28.8 Å². The monoisotopic (exact) mass is 470 g/mol. The molecular formula is C27H23FN4O3. The lowest BCUT2D eigenvalue weighted by molar-refractivity contribution is -0.118. The first-order valence-corrected chi connectivity index (χ1v) is 11.4. The van der Waals surface area contributed by atoms with Crippen molar-refractivity contribution in [3.05, 3.63) is 89.7 Å². The lowest BCUT2D eigenvalue weighted by atomic mass is 10.1. The summed E-state index contributed by atoms with van der Waals surface area (Å²) in [6.45, 7) is 1.12. The van der Waals surface area contributed by atoms with Crippen molar-refractivity contribution in [2.75, 3.05) is 18.0 Å². The highest BCUT2D eigenvalue weighted by atomic mass is 19.1. The number of nitrogens with one attached hydrogen (secondary N) is 1. The van der Waals surface area contributed by atoms with Crippen molar-refractivity contribution < 1.29 is 18.5 Å². The van der Waals surface area contributed by atoms with Crippen LogP contribution in [0.25, 0.3) is 22.8 Å². The molecule has 8 heteroatoms. The maximum absolute atomic E-state index is 13.1. The average molecular weight is 471 g/mol. The van der Waals surface area contributed by atoms with E-state index < -0.39 is 0 Å². The van der Waals surface area contributed by atoms with Gasteiger partial charge < -0.3 is 14.7 Å². The van der Waals surface area contributed by atoms with Gasteiger partial charge in [-0.1, -0.05) is 35.5 Å². The van der Waals surface area contributed by atoms with E-state index in [1.165, 1.54) is 17.7 Å². The highest BCUT2D eigenvalue weighted by Crippen LogP contribution is 2.28. The van der Waals surface area contributed by atoms with Crippen LogP contribution in [-0.2, 0) is 11.2 Å². The molecule has 35 heavy (non-hydrogen) atoms. The number of hydrogen-bond donors (Lipinski definition) is 1. The van der Waals surface area contributed by atoms with Gasteiger partial charge in [-0.15, -0.1) is 0 Å². The molecule has 176 valence electrons. The lowest BCUT2D eigenvalue weighted by Gasteiger charge is -2.17. The zero-order valence-corrected chi connectivity index (χ0v) is 18.9. The van der Waals surface area contributed by atoms with E-state index in [0.29, 0.717) is 48.4 Å². The molecule has 4 aromatic rings. The quantitative estimate of drug-likeness (QED) is 0.398. The van der Waals surface area contributed by atoms with E-state index >= 15 is 0 Å². The molecule has 0 aliphatic carbocycles. The molecule has 0 saturated heterocycles. The van der Waals surface area contributed by atoms with Crippen molar-refractivity contribution >= 4 is 17.5 Å². The average Bonchev–Trinajstić information content (AvgIpc) is 3.55. The number of carbonyl (C=O) groups is 2. The molecule has 3 aromatic carbocycles. The third kappa shape index (κ3) is 4.96. The second kappa shape index (κ2) is 9.89. The highest BCUT2D eigenvalue weighted by molar-refractivity contribution is 5.96. The van der Waals surface area contributed by atoms with Crippen molar-refractivity contribution in [3.8, 4) is 22.8 Å². The van der Waals surface area contributed by atoms with Crippen LogP contribution in [0.4, 0.5) is 10.1 Å². The van der Waals surface area contributed by atoms with Gasteiger partial charge in [0.15, 0.2) is 0 Å². The van der Waals surface area contributed by atoms with Gasteiger partial charge in [-0.2, -0.15) is 4.98 Å². The number of anilines is 1. The molecule has 0 bridgehead atoms. The molecule has 2 heterocycles. The summed E-state index contributed by atoms with van der Waals surface area (Å²) < 4.78 is 18.4. The molecule has 0 radical (unpaired) electrons. The minimum Gasteiger partial charge on any atom is -0.352 e. The van der Waals surface area contributed by atoms with E-state index in [1.54, 1.807) is 36.4 Å². The maximum Gasteiger partial charge on any atom is 0.258 e. The second-order valence-electron chi connectivity index (χ2n) is 8.29. The highest BCUT2D eigenvalue weighted by Gasteiger charge is 2.23. The summed E-state index contributed by atoms with van der Waals surface area (Å²) in [5, 5.41) is 6.83. The molecule has 1 aromatic heterocycles. The van der Waals surface area contributed by atoms with Crippen molar-refractivity contribution in [1.82, 2.24) is 15.5 Å². The molecule has 1 aliphatic rings. The zero-order chi connectivity index (χ0) is 24.2. The predicted octanol–water partition coefficient (Wildman–Crippen LogP) is 4.64. The van der Waals surface area contributed by atoms with Crippen LogP contribution in [0.3, 0.4) is 0 Å². The molecule has 5 rings (SSSR count). The normalized spacial score (nSPS) is 12.4. The van der Waals surface area contributed by atoms with Crippen LogP contribution in [-0.4, -0.2) is 35.0 Å². The Bertz CT molecular complexity index is 1350. The largest absolute Gasteiger partial charge is 0.352 e. The van der Waals surface area contributed by atoms with Crippen molar-refractivity contribution in [2.24, 2.45) is 0 Å². The summed E-state index contributed by atoms with van der Waals surface area (Å²) >= 11 is 0. The molecule has 1 N–H and O–H groups in total. The van der Waals surface area contributed by atoms with Gasteiger partial charge in [0, 0.05) is 41.9 Å². The van der Waals surface area contributed by atoms with Gasteiger partial charge in [-0.3, -0.25) is 9.59 Å². The topological polar surface area (TPSA) is 88.3 Å². The second-order valence-corrected chi connectivity index (χ2v) is 8.29. The number of carbonyl (C=O) groups excluding carboxylic acids is 2. The SMILES string of the molecule is O=C(NCCCC(=O)N1CCc2ccccc21)c1ccc(-c2noc(-c3ccc(F)cc3)n2)cc1. The Morgan fingerprint density at radius 3 is 2.51 bits per heavy atom. The molecular weight excluding hydrogens is 447 g/mol. The van der Waals surface area contributed by atoms with E-state index in [4.69, 9.17) is 4.52 Å². The fraction of sp³-hybridized carbons (Fsp3) is 0.185. The number of fused-ring (bicyclic) bond motifs is 1. The molecule has 2 amide bonds. The Hall–Kier alpha value is -4.33. The first-order chi connectivity index (χ1) is 17.1. The molecule has 0 spiro atoms. The Labute approximate surface area is 201 Å².